The summed E-state index contributed by atoms with van der Waals surface area (Å²) in [5.74, 6) is 0.717. The first-order chi connectivity index (χ1) is 7.49. The largest absolute Gasteiger partial charge is 0.251 e. The number of sulfonamides is 1. The van der Waals surface area contributed by atoms with E-state index in [-0.39, 0.29) is 8.68 Å². The number of nitrogens with one attached hydrogen (secondary N) is 1. The van der Waals surface area contributed by atoms with Crippen LogP contribution in [0.25, 0.3) is 0 Å². The summed E-state index contributed by atoms with van der Waals surface area (Å²) in [6.07, 6.45) is 3.38. The number of aromatic nitrogens is 1. The molecular weight excluding hydrogens is 268 g/mol. The van der Waals surface area contributed by atoms with Crippen molar-refractivity contribution in [1.82, 2.24) is 9.71 Å². The molecule has 1 saturated carbocycles. The summed E-state index contributed by atoms with van der Waals surface area (Å²) in [6, 6.07) is 0. The SMILES string of the molecule is Cc1nc(Cl)sc1S(=O)(=O)NCCC1CC1. The summed E-state index contributed by atoms with van der Waals surface area (Å²) in [5, 5.41) is 0. The van der Waals surface area contributed by atoms with Gasteiger partial charge in [0.25, 0.3) is 10.0 Å². The molecule has 0 bridgehead atoms. The number of halogens is 1. The van der Waals surface area contributed by atoms with E-state index in [1.807, 2.05) is 0 Å². The van der Waals surface area contributed by atoms with Crippen LogP contribution in [0.3, 0.4) is 0 Å². The second kappa shape index (κ2) is 4.60. The summed E-state index contributed by atoms with van der Waals surface area (Å²) in [7, 11) is -3.42. The standard InChI is InChI=1S/C9H13ClN2O2S2/c1-6-8(15-9(10)12-6)16(13,14)11-5-4-7-2-3-7/h7,11H,2-5H2,1H3. The van der Waals surface area contributed by atoms with Crippen LogP contribution in [0, 0.1) is 12.8 Å². The molecule has 1 N–H and O–H groups in total. The van der Waals surface area contributed by atoms with Crippen molar-refractivity contribution in [2.45, 2.75) is 30.4 Å². The maximum absolute atomic E-state index is 11.9. The molecule has 2 rings (SSSR count). The fourth-order valence-electron chi connectivity index (χ4n) is 1.47. The molecule has 0 atom stereocenters. The van der Waals surface area contributed by atoms with E-state index in [4.69, 9.17) is 11.6 Å². The van der Waals surface area contributed by atoms with Crippen LogP contribution in [0.5, 0.6) is 0 Å². The molecule has 90 valence electrons. The maximum Gasteiger partial charge on any atom is 0.251 e. The summed E-state index contributed by atoms with van der Waals surface area (Å²) in [4.78, 5) is 3.90. The highest BCUT2D eigenvalue weighted by molar-refractivity contribution is 7.91. The highest BCUT2D eigenvalue weighted by Crippen LogP contribution is 2.32. The third kappa shape index (κ3) is 2.94. The van der Waals surface area contributed by atoms with Gasteiger partial charge >= 0.3 is 0 Å². The topological polar surface area (TPSA) is 59.1 Å². The lowest BCUT2D eigenvalue weighted by Gasteiger charge is -2.04. The van der Waals surface area contributed by atoms with Gasteiger partial charge in [-0.25, -0.2) is 18.1 Å². The predicted molar refractivity (Wildman–Crippen MR) is 64.4 cm³/mol. The Morgan fingerprint density at radius 2 is 2.25 bits per heavy atom. The van der Waals surface area contributed by atoms with Crippen LogP contribution >= 0.6 is 22.9 Å². The van der Waals surface area contributed by atoms with E-state index in [0.29, 0.717) is 18.2 Å². The van der Waals surface area contributed by atoms with Gasteiger partial charge in [0.2, 0.25) is 0 Å². The van der Waals surface area contributed by atoms with Crippen molar-refractivity contribution < 1.29 is 8.42 Å². The Kier molecular flexibility index (Phi) is 3.53. The zero-order valence-corrected chi connectivity index (χ0v) is 11.3. The summed E-state index contributed by atoms with van der Waals surface area (Å²) in [5.41, 5.74) is 0.467. The molecule has 1 aliphatic rings. The molecule has 0 aromatic carbocycles. The first-order valence-electron chi connectivity index (χ1n) is 5.11. The van der Waals surface area contributed by atoms with Crippen molar-refractivity contribution in [3.63, 3.8) is 0 Å². The fraction of sp³-hybridized carbons (Fsp3) is 0.667. The Labute approximate surface area is 104 Å². The molecule has 1 aromatic rings. The maximum atomic E-state index is 11.9. The molecule has 1 heterocycles. The van der Waals surface area contributed by atoms with Crippen molar-refractivity contribution in [1.29, 1.82) is 0 Å². The van der Waals surface area contributed by atoms with Crippen molar-refractivity contribution >= 4 is 33.0 Å². The summed E-state index contributed by atoms with van der Waals surface area (Å²) < 4.78 is 26.8. The zero-order valence-electron chi connectivity index (χ0n) is 8.86. The van der Waals surface area contributed by atoms with Crippen molar-refractivity contribution in [3.05, 3.63) is 10.2 Å². The molecule has 1 aliphatic carbocycles. The van der Waals surface area contributed by atoms with Gasteiger partial charge in [-0.2, -0.15) is 0 Å². The Morgan fingerprint density at radius 1 is 1.56 bits per heavy atom. The van der Waals surface area contributed by atoms with Crippen LogP contribution in [0.2, 0.25) is 4.47 Å². The molecule has 1 fully saturated rings. The Balaban J connectivity index is 2.02. The fourth-order valence-corrected chi connectivity index (χ4v) is 4.30. The van der Waals surface area contributed by atoms with Crippen LogP contribution in [0.1, 0.15) is 25.0 Å². The highest BCUT2D eigenvalue weighted by atomic mass is 35.5. The third-order valence-electron chi connectivity index (χ3n) is 2.51. The molecule has 4 nitrogen and oxygen atoms in total. The second-order valence-electron chi connectivity index (χ2n) is 3.97. The monoisotopic (exact) mass is 280 g/mol. The first kappa shape index (κ1) is 12.3. The summed E-state index contributed by atoms with van der Waals surface area (Å²) in [6.45, 7) is 2.15. The van der Waals surface area contributed by atoms with Gasteiger partial charge in [-0.15, -0.1) is 0 Å². The Bertz CT molecular complexity index is 480. The van der Waals surface area contributed by atoms with Crippen LogP contribution < -0.4 is 4.72 Å². The Hall–Kier alpha value is -0.170. The lowest BCUT2D eigenvalue weighted by atomic mass is 10.3. The number of rotatable bonds is 5. The van der Waals surface area contributed by atoms with E-state index in [9.17, 15) is 8.42 Å². The molecule has 16 heavy (non-hydrogen) atoms. The normalized spacial score (nSPS) is 16.6. The van der Waals surface area contributed by atoms with Gasteiger partial charge in [-0.1, -0.05) is 35.8 Å². The van der Waals surface area contributed by atoms with E-state index in [0.717, 1.165) is 17.8 Å². The van der Waals surface area contributed by atoms with Gasteiger partial charge in [0.05, 0.1) is 5.69 Å². The number of hydrogen-bond donors (Lipinski definition) is 1. The van der Waals surface area contributed by atoms with Gasteiger partial charge in [0.1, 0.15) is 0 Å². The second-order valence-corrected chi connectivity index (χ2v) is 7.51. The molecule has 7 heteroatoms. The van der Waals surface area contributed by atoms with Gasteiger partial charge in [-0.3, -0.25) is 0 Å². The van der Waals surface area contributed by atoms with Gasteiger partial charge in [0, 0.05) is 6.54 Å². The van der Waals surface area contributed by atoms with Gasteiger partial charge in [0.15, 0.2) is 8.68 Å². The Morgan fingerprint density at radius 3 is 2.75 bits per heavy atom. The lowest BCUT2D eigenvalue weighted by Crippen LogP contribution is -2.24. The predicted octanol–water partition coefficient (Wildman–Crippen LogP) is 2.18. The molecule has 1 aromatic heterocycles. The summed E-state index contributed by atoms with van der Waals surface area (Å²) >= 11 is 6.68. The van der Waals surface area contributed by atoms with Crippen LogP contribution in [0.4, 0.5) is 0 Å². The van der Waals surface area contributed by atoms with E-state index in [2.05, 4.69) is 9.71 Å². The van der Waals surface area contributed by atoms with Crippen molar-refractivity contribution in [2.24, 2.45) is 5.92 Å². The number of hydrogen-bond acceptors (Lipinski definition) is 4. The molecule has 0 amide bonds. The molecule has 0 unspecified atom stereocenters. The molecule has 0 radical (unpaired) electrons. The van der Waals surface area contributed by atoms with E-state index >= 15 is 0 Å². The number of nitrogens with zero attached hydrogens (tertiary/aromatic N) is 1. The lowest BCUT2D eigenvalue weighted by molar-refractivity contribution is 0.576. The average Bonchev–Trinajstić information content (AvgIpc) is 2.91. The van der Waals surface area contributed by atoms with Crippen molar-refractivity contribution in [3.8, 4) is 0 Å². The van der Waals surface area contributed by atoms with E-state index < -0.39 is 10.0 Å². The smallest absolute Gasteiger partial charge is 0.229 e. The molecular formula is C9H13ClN2O2S2. The average molecular weight is 281 g/mol. The molecule has 0 spiro atoms. The molecule has 0 aliphatic heterocycles. The van der Waals surface area contributed by atoms with Crippen LogP contribution in [-0.2, 0) is 10.0 Å². The number of thiazole rings is 1. The van der Waals surface area contributed by atoms with Gasteiger partial charge < -0.3 is 0 Å². The quantitative estimate of drug-likeness (QED) is 0.899. The minimum atomic E-state index is -3.42. The van der Waals surface area contributed by atoms with Crippen molar-refractivity contribution in [2.75, 3.05) is 6.54 Å². The van der Waals surface area contributed by atoms with E-state index in [1.54, 1.807) is 6.92 Å². The number of aryl methyl sites for hydroxylation is 1. The zero-order chi connectivity index (χ0) is 11.8. The first-order valence-corrected chi connectivity index (χ1v) is 7.79. The minimum Gasteiger partial charge on any atom is -0.229 e. The minimum absolute atomic E-state index is 0.230. The van der Waals surface area contributed by atoms with E-state index in [1.165, 1.54) is 12.8 Å². The third-order valence-corrected chi connectivity index (χ3v) is 5.85. The van der Waals surface area contributed by atoms with Gasteiger partial charge in [-0.05, 0) is 19.3 Å². The molecule has 0 saturated heterocycles. The highest BCUT2D eigenvalue weighted by Gasteiger charge is 2.24. The van der Waals surface area contributed by atoms with Crippen LogP contribution in [-0.4, -0.2) is 19.9 Å². The van der Waals surface area contributed by atoms with Crippen LogP contribution in [0.15, 0.2) is 4.21 Å².